The average molecular weight is 486 g/mol. The standard InChI is InChI=1S/C30H35N3O3/c1-32-20-25(22-12-8-9-15-26(22)32)28-27(29(34)31-17-16-21-10-4-3-5-11-21)23-13-6-7-14-24(23)30(35)33(28)18-19-36-2/h6-10,12-15,20,27-28H,3-5,11,16-19H2,1-2H3,(H,31,34). The van der Waals surface area contributed by atoms with Gasteiger partial charge < -0.3 is 19.5 Å². The molecule has 1 aliphatic carbocycles. The number of hydrogen-bond donors (Lipinski definition) is 1. The van der Waals surface area contributed by atoms with Gasteiger partial charge in [-0.25, -0.2) is 0 Å². The molecule has 1 aliphatic heterocycles. The van der Waals surface area contributed by atoms with E-state index in [9.17, 15) is 9.59 Å². The van der Waals surface area contributed by atoms with Gasteiger partial charge in [-0.05, 0) is 49.8 Å². The highest BCUT2D eigenvalue weighted by molar-refractivity contribution is 6.02. The Kier molecular flexibility index (Phi) is 7.23. The van der Waals surface area contributed by atoms with Crippen LogP contribution in [0.3, 0.4) is 0 Å². The fourth-order valence-corrected chi connectivity index (χ4v) is 5.85. The zero-order valence-corrected chi connectivity index (χ0v) is 21.2. The molecule has 0 bridgehead atoms. The molecular weight excluding hydrogens is 450 g/mol. The van der Waals surface area contributed by atoms with Gasteiger partial charge in [-0.1, -0.05) is 48.0 Å². The summed E-state index contributed by atoms with van der Waals surface area (Å²) in [6.07, 6.45) is 10.0. The van der Waals surface area contributed by atoms with E-state index in [0.717, 1.165) is 41.3 Å². The summed E-state index contributed by atoms with van der Waals surface area (Å²) in [7, 11) is 3.65. The van der Waals surface area contributed by atoms with E-state index >= 15 is 0 Å². The molecule has 36 heavy (non-hydrogen) atoms. The van der Waals surface area contributed by atoms with Crippen molar-refractivity contribution in [1.29, 1.82) is 0 Å². The van der Waals surface area contributed by atoms with Crippen LogP contribution >= 0.6 is 0 Å². The smallest absolute Gasteiger partial charge is 0.254 e. The van der Waals surface area contributed by atoms with E-state index in [1.165, 1.54) is 18.4 Å². The van der Waals surface area contributed by atoms with Gasteiger partial charge in [-0.3, -0.25) is 9.59 Å². The van der Waals surface area contributed by atoms with Gasteiger partial charge in [0.05, 0.1) is 18.6 Å². The van der Waals surface area contributed by atoms with Crippen LogP contribution in [0.25, 0.3) is 10.9 Å². The molecule has 2 heterocycles. The predicted octanol–water partition coefficient (Wildman–Crippen LogP) is 5.11. The highest BCUT2D eigenvalue weighted by atomic mass is 16.5. The van der Waals surface area contributed by atoms with Crippen LogP contribution in [0.2, 0.25) is 0 Å². The van der Waals surface area contributed by atoms with E-state index in [2.05, 4.69) is 34.3 Å². The molecule has 0 spiro atoms. The van der Waals surface area contributed by atoms with Crippen molar-refractivity contribution < 1.29 is 14.3 Å². The second-order valence-corrected chi connectivity index (χ2v) is 9.86. The molecule has 2 aromatic carbocycles. The second kappa shape index (κ2) is 10.7. The summed E-state index contributed by atoms with van der Waals surface area (Å²) in [6, 6.07) is 15.3. The quantitative estimate of drug-likeness (QED) is 0.451. The minimum atomic E-state index is -0.512. The highest BCUT2D eigenvalue weighted by Gasteiger charge is 2.44. The zero-order valence-electron chi connectivity index (χ0n) is 21.2. The first-order valence-electron chi connectivity index (χ1n) is 13.0. The van der Waals surface area contributed by atoms with Crippen LogP contribution < -0.4 is 5.32 Å². The first-order chi connectivity index (χ1) is 17.6. The number of nitrogens with zero attached hydrogens (tertiary/aromatic N) is 2. The molecule has 5 rings (SSSR count). The third-order valence-electron chi connectivity index (χ3n) is 7.63. The summed E-state index contributed by atoms with van der Waals surface area (Å²) in [5.74, 6) is -0.606. The molecule has 0 saturated carbocycles. The fourth-order valence-electron chi connectivity index (χ4n) is 5.85. The van der Waals surface area contributed by atoms with Crippen LogP contribution in [0.1, 0.15) is 65.5 Å². The monoisotopic (exact) mass is 485 g/mol. The summed E-state index contributed by atoms with van der Waals surface area (Å²) >= 11 is 0. The normalized spacial score (nSPS) is 19.8. The van der Waals surface area contributed by atoms with Crippen LogP contribution in [-0.4, -0.2) is 48.1 Å². The molecule has 6 nitrogen and oxygen atoms in total. The maximum absolute atomic E-state index is 13.9. The van der Waals surface area contributed by atoms with Gasteiger partial charge in [0, 0.05) is 55.5 Å². The van der Waals surface area contributed by atoms with Crippen LogP contribution in [0.15, 0.2) is 66.4 Å². The molecule has 0 radical (unpaired) electrons. The minimum absolute atomic E-state index is 0.0355. The molecule has 0 saturated heterocycles. The summed E-state index contributed by atoms with van der Waals surface area (Å²) in [4.78, 5) is 29.5. The van der Waals surface area contributed by atoms with Gasteiger partial charge in [0.1, 0.15) is 0 Å². The summed E-state index contributed by atoms with van der Waals surface area (Å²) in [5, 5.41) is 4.29. The molecule has 188 valence electrons. The van der Waals surface area contributed by atoms with E-state index in [4.69, 9.17) is 4.74 Å². The molecule has 6 heteroatoms. The van der Waals surface area contributed by atoms with Crippen molar-refractivity contribution in [2.45, 2.75) is 44.1 Å². The third-order valence-corrected chi connectivity index (χ3v) is 7.63. The van der Waals surface area contributed by atoms with E-state index in [1.54, 1.807) is 7.11 Å². The lowest BCUT2D eigenvalue weighted by Gasteiger charge is -2.41. The maximum Gasteiger partial charge on any atom is 0.254 e. The summed E-state index contributed by atoms with van der Waals surface area (Å²) in [5.41, 5.74) is 4.90. The lowest BCUT2D eigenvalue weighted by molar-refractivity contribution is -0.124. The van der Waals surface area contributed by atoms with Crippen molar-refractivity contribution in [3.8, 4) is 0 Å². The second-order valence-electron chi connectivity index (χ2n) is 9.86. The minimum Gasteiger partial charge on any atom is -0.383 e. The molecule has 2 amide bonds. The lowest BCUT2D eigenvalue weighted by Crippen LogP contribution is -2.48. The number of benzene rings is 2. The third kappa shape index (κ3) is 4.58. The number of aryl methyl sites for hydroxylation is 1. The molecule has 0 fully saturated rings. The number of nitrogens with one attached hydrogen (secondary N) is 1. The van der Waals surface area contributed by atoms with E-state index in [-0.39, 0.29) is 11.8 Å². The van der Waals surface area contributed by atoms with Gasteiger partial charge >= 0.3 is 0 Å². The van der Waals surface area contributed by atoms with Crippen LogP contribution in [-0.2, 0) is 16.6 Å². The Labute approximate surface area is 212 Å². The topological polar surface area (TPSA) is 63.6 Å². The zero-order chi connectivity index (χ0) is 25.1. The Bertz CT molecular complexity index is 1290. The number of ether oxygens (including phenoxy) is 1. The first kappa shape index (κ1) is 24.3. The number of carbonyl (C=O) groups excluding carboxylic acids is 2. The Morgan fingerprint density at radius 2 is 1.89 bits per heavy atom. The maximum atomic E-state index is 13.9. The Morgan fingerprint density at radius 1 is 1.08 bits per heavy atom. The number of rotatable bonds is 8. The average Bonchev–Trinajstić information content (AvgIpc) is 3.24. The number of hydrogen-bond acceptors (Lipinski definition) is 3. The molecule has 2 atom stereocenters. The SMILES string of the molecule is COCCN1C(=O)c2ccccc2C(C(=O)NCCC2=CCCCC2)C1c1cn(C)c2ccccc12. The van der Waals surface area contributed by atoms with E-state index in [1.807, 2.05) is 48.3 Å². The van der Waals surface area contributed by atoms with Crippen molar-refractivity contribution in [2.75, 3.05) is 26.8 Å². The van der Waals surface area contributed by atoms with Gasteiger partial charge in [0.2, 0.25) is 5.91 Å². The number of carbonyl (C=O) groups is 2. The number of amides is 2. The largest absolute Gasteiger partial charge is 0.383 e. The Hall–Kier alpha value is -3.38. The van der Waals surface area contributed by atoms with Crippen molar-refractivity contribution in [2.24, 2.45) is 7.05 Å². The van der Waals surface area contributed by atoms with Crippen molar-refractivity contribution >= 4 is 22.7 Å². The van der Waals surface area contributed by atoms with E-state index < -0.39 is 12.0 Å². The van der Waals surface area contributed by atoms with Gasteiger partial charge in [-0.15, -0.1) is 0 Å². The summed E-state index contributed by atoms with van der Waals surface area (Å²) in [6.45, 7) is 1.42. The first-order valence-corrected chi connectivity index (χ1v) is 13.0. The summed E-state index contributed by atoms with van der Waals surface area (Å²) < 4.78 is 7.46. The van der Waals surface area contributed by atoms with Gasteiger partial charge in [-0.2, -0.15) is 0 Å². The van der Waals surface area contributed by atoms with Gasteiger partial charge in [0.25, 0.3) is 5.91 Å². The van der Waals surface area contributed by atoms with E-state index in [0.29, 0.717) is 25.3 Å². The van der Waals surface area contributed by atoms with Crippen molar-refractivity contribution in [3.63, 3.8) is 0 Å². The van der Waals surface area contributed by atoms with Crippen LogP contribution in [0.4, 0.5) is 0 Å². The van der Waals surface area contributed by atoms with Crippen LogP contribution in [0, 0.1) is 0 Å². The molecule has 2 aliphatic rings. The molecule has 3 aromatic rings. The molecule has 2 unspecified atom stereocenters. The van der Waals surface area contributed by atoms with Crippen molar-refractivity contribution in [3.05, 3.63) is 83.1 Å². The fraction of sp³-hybridized carbons (Fsp3) is 0.400. The number of methoxy groups -OCH3 is 1. The molecular formula is C30H35N3O3. The number of aromatic nitrogens is 1. The number of allylic oxidation sites excluding steroid dienone is 1. The van der Waals surface area contributed by atoms with Gasteiger partial charge in [0.15, 0.2) is 0 Å². The predicted molar refractivity (Wildman–Crippen MR) is 142 cm³/mol. The Balaban J connectivity index is 1.56. The van der Waals surface area contributed by atoms with Crippen molar-refractivity contribution in [1.82, 2.24) is 14.8 Å². The number of fused-ring (bicyclic) bond motifs is 2. The Morgan fingerprint density at radius 3 is 2.69 bits per heavy atom. The lowest BCUT2D eigenvalue weighted by atomic mass is 9.79. The number of para-hydroxylation sites is 1. The molecule has 1 N–H and O–H groups in total. The molecule has 1 aromatic heterocycles. The highest BCUT2D eigenvalue weighted by Crippen LogP contribution is 2.45. The van der Waals surface area contributed by atoms with Crippen LogP contribution in [0.5, 0.6) is 0 Å².